The molecule has 1 fully saturated rings. The summed E-state index contributed by atoms with van der Waals surface area (Å²) < 4.78 is 0. The maximum Gasteiger partial charge on any atom is 0.269 e. The Bertz CT molecular complexity index is 1000. The molecule has 2 heterocycles. The lowest BCUT2D eigenvalue weighted by Gasteiger charge is -2.49. The number of hydrogen-bond acceptors (Lipinski definition) is 6. The van der Waals surface area contributed by atoms with Gasteiger partial charge >= 0.3 is 0 Å². The Morgan fingerprint density at radius 2 is 1.79 bits per heavy atom. The van der Waals surface area contributed by atoms with Crippen LogP contribution in [0.1, 0.15) is 17.2 Å². The van der Waals surface area contributed by atoms with Gasteiger partial charge in [-0.1, -0.05) is 30.3 Å². The van der Waals surface area contributed by atoms with Crippen molar-refractivity contribution in [1.29, 1.82) is 0 Å². The topological polar surface area (TPSA) is 105 Å². The Balaban J connectivity index is 1.95. The highest BCUT2D eigenvalue weighted by atomic mass is 32.1. The van der Waals surface area contributed by atoms with E-state index in [2.05, 4.69) is 10.6 Å². The zero-order chi connectivity index (χ0) is 20.1. The maximum absolute atomic E-state index is 13.1. The van der Waals surface area contributed by atoms with Crippen LogP contribution in [0.3, 0.4) is 0 Å². The normalized spacial score (nSPS) is 20.4. The van der Waals surface area contributed by atoms with Gasteiger partial charge in [0.25, 0.3) is 5.69 Å². The predicted molar refractivity (Wildman–Crippen MR) is 106 cm³/mol. The van der Waals surface area contributed by atoms with E-state index in [1.165, 1.54) is 12.1 Å². The summed E-state index contributed by atoms with van der Waals surface area (Å²) in [5.41, 5.74) is 0.473. The molecule has 2 aromatic carbocycles. The number of fused-ring (bicyclic) bond motifs is 1. The first-order valence-corrected chi connectivity index (χ1v) is 8.97. The average Bonchev–Trinajstić information content (AvgIpc) is 2.66. The van der Waals surface area contributed by atoms with Crippen molar-refractivity contribution >= 4 is 40.5 Å². The van der Waals surface area contributed by atoms with E-state index in [1.54, 1.807) is 13.1 Å². The quantitative estimate of drug-likeness (QED) is 0.347. The zero-order valence-electron chi connectivity index (χ0n) is 14.8. The molecule has 28 heavy (non-hydrogen) atoms. The van der Waals surface area contributed by atoms with Gasteiger partial charge in [0, 0.05) is 31.3 Å². The Morgan fingerprint density at radius 3 is 2.39 bits per heavy atom. The lowest BCUT2D eigenvalue weighted by molar-refractivity contribution is -0.384. The standard InChI is InChI=1S/C19H16N4O4S/c1-22-14-8-7-13(23(26)27)9-12(14)10-19(15(22)11-5-3-2-4-6-11)16(24)20-18(28)21-17(19)25/h2-9,15H,10H2,1H3,(H2,20,21,24,25,28)/t15-/m1/s1. The molecule has 2 N–H and O–H groups in total. The van der Waals surface area contributed by atoms with E-state index in [-0.39, 0.29) is 17.2 Å². The van der Waals surface area contributed by atoms with Crippen molar-refractivity contribution in [3.05, 3.63) is 69.8 Å². The molecule has 0 unspecified atom stereocenters. The molecule has 4 rings (SSSR count). The van der Waals surface area contributed by atoms with Crippen molar-refractivity contribution < 1.29 is 14.5 Å². The number of nitrogens with one attached hydrogen (secondary N) is 2. The van der Waals surface area contributed by atoms with Crippen LogP contribution in [0.5, 0.6) is 0 Å². The van der Waals surface area contributed by atoms with Gasteiger partial charge in [0.2, 0.25) is 11.8 Å². The molecule has 0 aliphatic carbocycles. The molecule has 0 saturated carbocycles. The third-order valence-electron chi connectivity index (χ3n) is 5.36. The summed E-state index contributed by atoms with van der Waals surface area (Å²) in [4.78, 5) is 38.8. The second kappa shape index (κ2) is 6.38. The van der Waals surface area contributed by atoms with Crippen LogP contribution in [0.4, 0.5) is 11.4 Å². The second-order valence-corrected chi connectivity index (χ2v) is 7.29. The number of carbonyl (C=O) groups excluding carboxylic acids is 2. The minimum Gasteiger partial charge on any atom is -0.366 e. The molecule has 1 spiro atoms. The van der Waals surface area contributed by atoms with Crippen molar-refractivity contribution in [2.45, 2.75) is 12.5 Å². The molecule has 9 heteroatoms. The van der Waals surface area contributed by atoms with Crippen LogP contribution in [-0.2, 0) is 16.0 Å². The second-order valence-electron chi connectivity index (χ2n) is 6.88. The summed E-state index contributed by atoms with van der Waals surface area (Å²) >= 11 is 4.96. The molecule has 0 bridgehead atoms. The fourth-order valence-corrected chi connectivity index (χ4v) is 4.34. The number of anilines is 1. The third-order valence-corrected chi connectivity index (χ3v) is 5.56. The van der Waals surface area contributed by atoms with Crippen molar-refractivity contribution in [1.82, 2.24) is 10.6 Å². The summed E-state index contributed by atoms with van der Waals surface area (Å²) in [6.45, 7) is 0. The van der Waals surface area contributed by atoms with Crippen molar-refractivity contribution in [2.75, 3.05) is 11.9 Å². The van der Waals surface area contributed by atoms with Crippen LogP contribution in [0, 0.1) is 15.5 Å². The molecule has 2 amide bonds. The largest absolute Gasteiger partial charge is 0.366 e. The highest BCUT2D eigenvalue weighted by Crippen LogP contribution is 2.50. The van der Waals surface area contributed by atoms with E-state index in [4.69, 9.17) is 12.2 Å². The molecule has 0 radical (unpaired) electrons. The first-order valence-electron chi connectivity index (χ1n) is 8.56. The van der Waals surface area contributed by atoms with E-state index in [0.717, 1.165) is 11.3 Å². The fourth-order valence-electron chi connectivity index (χ4n) is 4.15. The summed E-state index contributed by atoms with van der Waals surface area (Å²) in [5.74, 6) is -1.03. The number of nitro benzene ring substituents is 1. The minimum absolute atomic E-state index is 0.0220. The molecular weight excluding hydrogens is 380 g/mol. The lowest BCUT2D eigenvalue weighted by atomic mass is 9.67. The molecule has 0 aromatic heterocycles. The predicted octanol–water partition coefficient (Wildman–Crippen LogP) is 1.85. The molecule has 2 aliphatic rings. The van der Waals surface area contributed by atoms with E-state index in [0.29, 0.717) is 5.56 Å². The van der Waals surface area contributed by atoms with Crippen molar-refractivity contribution in [3.8, 4) is 0 Å². The average molecular weight is 396 g/mol. The van der Waals surface area contributed by atoms with Gasteiger partial charge in [-0.15, -0.1) is 0 Å². The van der Waals surface area contributed by atoms with Crippen LogP contribution >= 0.6 is 12.2 Å². The summed E-state index contributed by atoms with van der Waals surface area (Å²) in [6.07, 6.45) is 0.0220. The number of amides is 2. The Morgan fingerprint density at radius 1 is 1.14 bits per heavy atom. The Labute approximate surface area is 165 Å². The van der Waals surface area contributed by atoms with Crippen LogP contribution in [0.25, 0.3) is 0 Å². The first-order chi connectivity index (χ1) is 13.3. The van der Waals surface area contributed by atoms with E-state index in [1.807, 2.05) is 35.2 Å². The molecule has 2 aromatic rings. The third kappa shape index (κ3) is 2.55. The number of nitrogens with zero attached hydrogens (tertiary/aromatic N) is 2. The van der Waals surface area contributed by atoms with Gasteiger partial charge in [-0.25, -0.2) is 0 Å². The monoisotopic (exact) mass is 396 g/mol. The highest BCUT2D eigenvalue weighted by Gasteiger charge is 2.59. The Kier molecular flexibility index (Phi) is 4.11. The van der Waals surface area contributed by atoms with Gasteiger partial charge in [0.05, 0.1) is 11.0 Å². The summed E-state index contributed by atoms with van der Waals surface area (Å²) in [5, 5.41) is 16.3. The number of benzene rings is 2. The fraction of sp³-hybridized carbons (Fsp3) is 0.211. The molecule has 2 aliphatic heterocycles. The molecule has 8 nitrogen and oxygen atoms in total. The number of non-ortho nitro benzene ring substituents is 1. The van der Waals surface area contributed by atoms with E-state index in [9.17, 15) is 19.7 Å². The molecular formula is C19H16N4O4S. The van der Waals surface area contributed by atoms with Gasteiger partial charge in [-0.05, 0) is 29.4 Å². The van der Waals surface area contributed by atoms with Gasteiger partial charge in [0.15, 0.2) is 10.5 Å². The number of nitro groups is 1. The Hall–Kier alpha value is -3.33. The first kappa shape index (κ1) is 18.1. The van der Waals surface area contributed by atoms with Crippen LogP contribution in [0.15, 0.2) is 48.5 Å². The van der Waals surface area contributed by atoms with Gasteiger partial charge in [-0.3, -0.25) is 19.7 Å². The SMILES string of the molecule is CN1c2ccc([N+](=O)[O-])cc2CC2(C(=O)NC(=S)NC2=O)[C@H]1c1ccccc1. The summed E-state index contributed by atoms with van der Waals surface area (Å²) in [6, 6.07) is 13.1. The van der Waals surface area contributed by atoms with Gasteiger partial charge < -0.3 is 15.5 Å². The maximum atomic E-state index is 13.1. The highest BCUT2D eigenvalue weighted by molar-refractivity contribution is 7.80. The van der Waals surface area contributed by atoms with Crippen LogP contribution < -0.4 is 15.5 Å². The molecule has 142 valence electrons. The molecule has 1 saturated heterocycles. The lowest BCUT2D eigenvalue weighted by Crippen LogP contribution is -2.68. The number of thiocarbonyl (C=S) groups is 1. The number of hydrogen-bond donors (Lipinski definition) is 2. The van der Waals surface area contributed by atoms with Crippen molar-refractivity contribution in [2.24, 2.45) is 5.41 Å². The van der Waals surface area contributed by atoms with E-state index < -0.39 is 28.2 Å². The van der Waals surface area contributed by atoms with Crippen LogP contribution in [-0.4, -0.2) is 28.9 Å². The van der Waals surface area contributed by atoms with Crippen LogP contribution in [0.2, 0.25) is 0 Å². The smallest absolute Gasteiger partial charge is 0.269 e. The van der Waals surface area contributed by atoms with Crippen molar-refractivity contribution in [3.63, 3.8) is 0 Å². The van der Waals surface area contributed by atoms with Gasteiger partial charge in [0.1, 0.15) is 0 Å². The zero-order valence-corrected chi connectivity index (χ0v) is 15.7. The molecule has 1 atom stereocenters. The van der Waals surface area contributed by atoms with Gasteiger partial charge in [-0.2, -0.15) is 0 Å². The minimum atomic E-state index is -1.51. The number of carbonyl (C=O) groups is 2. The number of rotatable bonds is 2. The van der Waals surface area contributed by atoms with E-state index >= 15 is 0 Å². The summed E-state index contributed by atoms with van der Waals surface area (Å²) in [7, 11) is 1.77.